The van der Waals surface area contributed by atoms with E-state index in [1.165, 1.54) is 0 Å². The van der Waals surface area contributed by atoms with Crippen LogP contribution in [0.4, 0.5) is 0 Å². The predicted molar refractivity (Wildman–Crippen MR) is 73.3 cm³/mol. The Kier molecular flexibility index (Phi) is 4.41. The van der Waals surface area contributed by atoms with Gasteiger partial charge in [0.05, 0.1) is 13.7 Å². The normalized spacial score (nSPS) is 10.5. The van der Waals surface area contributed by atoms with E-state index >= 15 is 0 Å². The molecular formula is C14H19N3O2. The van der Waals surface area contributed by atoms with E-state index < -0.39 is 0 Å². The minimum absolute atomic E-state index is 0.468. The van der Waals surface area contributed by atoms with Gasteiger partial charge in [0.1, 0.15) is 11.5 Å². The average molecular weight is 261 g/mol. The van der Waals surface area contributed by atoms with Crippen molar-refractivity contribution < 1.29 is 9.47 Å². The minimum atomic E-state index is 0.468. The zero-order valence-electron chi connectivity index (χ0n) is 11.3. The molecule has 1 aromatic carbocycles. The summed E-state index contributed by atoms with van der Waals surface area (Å²) in [5.74, 6) is 1.54. The standard InChI is InChI=1S/C14H19N3O2/c1-17-12(3-5-16-17)4-6-19-14-8-11(10-15)7-13(9-14)18-2/h3,5,7-9H,4,6,10,15H2,1-2H3. The average Bonchev–Trinajstić information content (AvgIpc) is 2.84. The largest absolute Gasteiger partial charge is 0.497 e. The number of benzene rings is 1. The van der Waals surface area contributed by atoms with Gasteiger partial charge >= 0.3 is 0 Å². The Labute approximate surface area is 112 Å². The molecule has 0 bridgehead atoms. The van der Waals surface area contributed by atoms with Gasteiger partial charge in [-0.25, -0.2) is 0 Å². The van der Waals surface area contributed by atoms with Crippen LogP contribution in [0.3, 0.4) is 0 Å². The highest BCUT2D eigenvalue weighted by Gasteiger charge is 2.03. The summed E-state index contributed by atoms with van der Waals surface area (Å²) in [6.45, 7) is 1.06. The highest BCUT2D eigenvalue weighted by molar-refractivity contribution is 5.38. The van der Waals surface area contributed by atoms with Crippen molar-refractivity contribution in [2.45, 2.75) is 13.0 Å². The fourth-order valence-corrected chi connectivity index (χ4v) is 1.87. The van der Waals surface area contributed by atoms with Crippen molar-refractivity contribution in [1.29, 1.82) is 0 Å². The van der Waals surface area contributed by atoms with Crippen LogP contribution in [0.1, 0.15) is 11.3 Å². The van der Waals surface area contributed by atoms with Gasteiger partial charge in [0.25, 0.3) is 0 Å². The molecule has 2 rings (SSSR count). The quantitative estimate of drug-likeness (QED) is 0.856. The molecule has 0 spiro atoms. The summed E-state index contributed by atoms with van der Waals surface area (Å²) < 4.78 is 12.8. The molecule has 2 aromatic rings. The number of rotatable bonds is 6. The second-order valence-electron chi connectivity index (χ2n) is 4.27. The second-order valence-corrected chi connectivity index (χ2v) is 4.27. The number of aromatic nitrogens is 2. The number of methoxy groups -OCH3 is 1. The van der Waals surface area contributed by atoms with E-state index in [0.29, 0.717) is 13.2 Å². The first kappa shape index (κ1) is 13.4. The van der Waals surface area contributed by atoms with Crippen LogP contribution in [0, 0.1) is 0 Å². The SMILES string of the molecule is COc1cc(CN)cc(OCCc2ccnn2C)c1. The Hall–Kier alpha value is -2.01. The summed E-state index contributed by atoms with van der Waals surface area (Å²) in [6.07, 6.45) is 2.60. The van der Waals surface area contributed by atoms with Crippen molar-refractivity contribution in [2.75, 3.05) is 13.7 Å². The molecule has 0 aliphatic rings. The first-order valence-corrected chi connectivity index (χ1v) is 6.20. The lowest BCUT2D eigenvalue weighted by atomic mass is 10.2. The first-order chi connectivity index (χ1) is 9.22. The third kappa shape index (κ3) is 3.48. The van der Waals surface area contributed by atoms with Gasteiger partial charge in [-0.2, -0.15) is 5.10 Å². The summed E-state index contributed by atoms with van der Waals surface area (Å²) in [4.78, 5) is 0. The van der Waals surface area contributed by atoms with Crippen molar-refractivity contribution in [2.24, 2.45) is 12.8 Å². The zero-order valence-corrected chi connectivity index (χ0v) is 11.3. The van der Waals surface area contributed by atoms with E-state index in [9.17, 15) is 0 Å². The molecule has 19 heavy (non-hydrogen) atoms. The van der Waals surface area contributed by atoms with Crippen molar-refractivity contribution in [3.05, 3.63) is 41.7 Å². The fourth-order valence-electron chi connectivity index (χ4n) is 1.87. The molecule has 0 saturated heterocycles. The van der Waals surface area contributed by atoms with Gasteiger partial charge in [-0.05, 0) is 23.8 Å². The van der Waals surface area contributed by atoms with Crippen LogP contribution in [0.5, 0.6) is 11.5 Å². The molecule has 0 aliphatic heterocycles. The van der Waals surface area contributed by atoms with Crippen LogP contribution >= 0.6 is 0 Å². The molecule has 0 unspecified atom stereocenters. The maximum absolute atomic E-state index is 5.74. The highest BCUT2D eigenvalue weighted by Crippen LogP contribution is 2.22. The lowest BCUT2D eigenvalue weighted by molar-refractivity contribution is 0.315. The number of hydrogen-bond donors (Lipinski definition) is 1. The van der Waals surface area contributed by atoms with Crippen LogP contribution in [0.2, 0.25) is 0 Å². The Morgan fingerprint density at radius 3 is 2.68 bits per heavy atom. The molecule has 2 N–H and O–H groups in total. The molecule has 0 fully saturated rings. The summed E-state index contributed by atoms with van der Waals surface area (Å²) in [5.41, 5.74) is 7.78. The first-order valence-electron chi connectivity index (χ1n) is 6.20. The Balaban J connectivity index is 1.97. The minimum Gasteiger partial charge on any atom is -0.497 e. The zero-order chi connectivity index (χ0) is 13.7. The number of nitrogens with zero attached hydrogens (tertiary/aromatic N) is 2. The molecule has 5 heteroatoms. The lowest BCUT2D eigenvalue weighted by Gasteiger charge is -2.10. The summed E-state index contributed by atoms with van der Waals surface area (Å²) >= 11 is 0. The van der Waals surface area contributed by atoms with Crippen LogP contribution in [0.25, 0.3) is 0 Å². The molecule has 0 atom stereocenters. The van der Waals surface area contributed by atoms with E-state index in [-0.39, 0.29) is 0 Å². The van der Waals surface area contributed by atoms with Crippen molar-refractivity contribution >= 4 is 0 Å². The van der Waals surface area contributed by atoms with E-state index in [4.69, 9.17) is 15.2 Å². The van der Waals surface area contributed by atoms with Crippen molar-refractivity contribution in [1.82, 2.24) is 9.78 Å². The summed E-state index contributed by atoms with van der Waals surface area (Å²) in [7, 11) is 3.56. The van der Waals surface area contributed by atoms with Gasteiger partial charge in [0, 0.05) is 38.0 Å². The maximum Gasteiger partial charge on any atom is 0.123 e. The van der Waals surface area contributed by atoms with Crippen LogP contribution in [-0.4, -0.2) is 23.5 Å². The fraction of sp³-hybridized carbons (Fsp3) is 0.357. The monoisotopic (exact) mass is 261 g/mol. The Morgan fingerprint density at radius 1 is 1.26 bits per heavy atom. The van der Waals surface area contributed by atoms with Crippen LogP contribution < -0.4 is 15.2 Å². The molecule has 102 valence electrons. The van der Waals surface area contributed by atoms with Gasteiger partial charge < -0.3 is 15.2 Å². The van der Waals surface area contributed by atoms with Gasteiger partial charge in [-0.1, -0.05) is 0 Å². The summed E-state index contributed by atoms with van der Waals surface area (Å²) in [6, 6.07) is 7.70. The number of hydrogen-bond acceptors (Lipinski definition) is 4. The Bertz CT molecular complexity index is 515. The van der Waals surface area contributed by atoms with Gasteiger partial charge in [0.15, 0.2) is 0 Å². The van der Waals surface area contributed by atoms with Crippen LogP contribution in [0.15, 0.2) is 30.5 Å². The van der Waals surface area contributed by atoms with Crippen molar-refractivity contribution in [3.63, 3.8) is 0 Å². The lowest BCUT2D eigenvalue weighted by Crippen LogP contribution is -2.06. The Morgan fingerprint density at radius 2 is 2.05 bits per heavy atom. The van der Waals surface area contributed by atoms with Crippen LogP contribution in [-0.2, 0) is 20.0 Å². The second kappa shape index (κ2) is 6.24. The topological polar surface area (TPSA) is 62.3 Å². The molecule has 1 aromatic heterocycles. The smallest absolute Gasteiger partial charge is 0.123 e. The summed E-state index contributed by atoms with van der Waals surface area (Å²) in [5, 5.41) is 4.12. The third-order valence-corrected chi connectivity index (χ3v) is 2.96. The maximum atomic E-state index is 5.74. The number of nitrogens with two attached hydrogens (primary N) is 1. The molecule has 0 aliphatic carbocycles. The van der Waals surface area contributed by atoms with E-state index in [2.05, 4.69) is 5.10 Å². The molecule has 0 radical (unpaired) electrons. The predicted octanol–water partition coefficient (Wildman–Crippen LogP) is 1.51. The molecular weight excluding hydrogens is 242 g/mol. The van der Waals surface area contributed by atoms with E-state index in [1.54, 1.807) is 13.3 Å². The molecule has 0 saturated carbocycles. The van der Waals surface area contributed by atoms with Gasteiger partial charge in [-0.15, -0.1) is 0 Å². The van der Waals surface area contributed by atoms with Crippen molar-refractivity contribution in [3.8, 4) is 11.5 Å². The van der Waals surface area contributed by atoms with E-state index in [0.717, 1.165) is 29.2 Å². The number of ether oxygens (including phenoxy) is 2. The molecule has 1 heterocycles. The molecule has 0 amide bonds. The number of aryl methyl sites for hydroxylation is 1. The van der Waals surface area contributed by atoms with Gasteiger partial charge in [0.2, 0.25) is 0 Å². The third-order valence-electron chi connectivity index (χ3n) is 2.96. The molecule has 5 nitrogen and oxygen atoms in total. The van der Waals surface area contributed by atoms with E-state index in [1.807, 2.05) is 36.0 Å². The highest BCUT2D eigenvalue weighted by atomic mass is 16.5. The van der Waals surface area contributed by atoms with Gasteiger partial charge in [-0.3, -0.25) is 4.68 Å².